The highest BCUT2D eigenvalue weighted by Gasteiger charge is 2.61. The van der Waals surface area contributed by atoms with E-state index >= 15 is 0 Å². The Morgan fingerprint density at radius 2 is 2.06 bits per heavy atom. The van der Waals surface area contributed by atoms with Crippen LogP contribution < -0.4 is 5.32 Å². The van der Waals surface area contributed by atoms with E-state index < -0.39 is 23.3 Å². The molecule has 5 rings (SSSR count). The van der Waals surface area contributed by atoms with Gasteiger partial charge in [-0.15, -0.1) is 0 Å². The van der Waals surface area contributed by atoms with Crippen molar-refractivity contribution in [2.75, 3.05) is 12.4 Å². The van der Waals surface area contributed by atoms with Crippen molar-refractivity contribution in [1.29, 1.82) is 0 Å². The zero-order valence-corrected chi connectivity index (χ0v) is 18.9. The van der Waals surface area contributed by atoms with Gasteiger partial charge in [0.05, 0.1) is 35.3 Å². The quantitative estimate of drug-likeness (QED) is 0.612. The summed E-state index contributed by atoms with van der Waals surface area (Å²) in [4.78, 5) is 27.0. The summed E-state index contributed by atoms with van der Waals surface area (Å²) in [5.41, 5.74) is -1.18. The van der Waals surface area contributed by atoms with Crippen LogP contribution in [-0.4, -0.2) is 60.3 Å². The van der Waals surface area contributed by atoms with Crippen LogP contribution in [0.3, 0.4) is 0 Å². The second kappa shape index (κ2) is 7.90. The molecule has 2 aliphatic rings. The van der Waals surface area contributed by atoms with E-state index in [1.165, 1.54) is 29.3 Å². The van der Waals surface area contributed by atoms with Crippen molar-refractivity contribution < 1.29 is 22.7 Å². The molecule has 1 saturated carbocycles. The third-order valence-corrected chi connectivity index (χ3v) is 7.02. The van der Waals surface area contributed by atoms with Crippen LogP contribution in [0.25, 0.3) is 16.9 Å². The topological polar surface area (TPSA) is 97.5 Å². The first-order chi connectivity index (χ1) is 16.1. The maximum atomic E-state index is 13.7. The van der Waals surface area contributed by atoms with E-state index in [-0.39, 0.29) is 29.2 Å². The molecule has 2 bridgehead atoms. The predicted octanol–water partition coefficient (Wildman–Crippen LogP) is 4.01. The van der Waals surface area contributed by atoms with E-state index in [1.807, 2.05) is 6.92 Å². The van der Waals surface area contributed by atoms with Gasteiger partial charge in [-0.3, -0.25) is 10.3 Å². The number of rotatable bonds is 4. The Balaban J connectivity index is 1.48. The number of aromatic nitrogens is 5. The fourth-order valence-corrected chi connectivity index (χ4v) is 5.48. The molecular weight excluding hydrogens is 451 g/mol. The molecule has 4 atom stereocenters. The number of carbonyl (C=O) groups excluding carboxylic acids is 1. The highest BCUT2D eigenvalue weighted by atomic mass is 19.4. The minimum Gasteiger partial charge on any atom is -0.379 e. The molecule has 0 aromatic carbocycles. The second-order valence-electron chi connectivity index (χ2n) is 9.13. The molecule has 1 aliphatic carbocycles. The minimum atomic E-state index is -4.66. The molecule has 3 aromatic rings. The molecule has 34 heavy (non-hydrogen) atoms. The van der Waals surface area contributed by atoms with Crippen molar-refractivity contribution in [3.63, 3.8) is 0 Å². The van der Waals surface area contributed by atoms with Crippen molar-refractivity contribution in [1.82, 2.24) is 29.5 Å². The maximum absolute atomic E-state index is 13.7. The van der Waals surface area contributed by atoms with Crippen molar-refractivity contribution in [2.24, 2.45) is 5.92 Å². The van der Waals surface area contributed by atoms with Gasteiger partial charge < -0.3 is 9.64 Å². The molecule has 4 heterocycles. The number of alkyl halides is 3. The van der Waals surface area contributed by atoms with Crippen LogP contribution in [0.15, 0.2) is 31.0 Å². The largest absolute Gasteiger partial charge is 0.418 e. The van der Waals surface area contributed by atoms with E-state index in [0.717, 1.165) is 19.3 Å². The Morgan fingerprint density at radius 1 is 1.26 bits per heavy atom. The lowest BCUT2D eigenvalue weighted by Gasteiger charge is -2.65. The zero-order chi connectivity index (χ0) is 24.3. The second-order valence-corrected chi connectivity index (χ2v) is 9.13. The van der Waals surface area contributed by atoms with E-state index in [1.54, 1.807) is 12.0 Å². The third-order valence-electron chi connectivity index (χ3n) is 7.02. The maximum Gasteiger partial charge on any atom is 0.418 e. The smallest absolute Gasteiger partial charge is 0.379 e. The highest BCUT2D eigenvalue weighted by Crippen LogP contribution is 2.52. The van der Waals surface area contributed by atoms with Crippen LogP contribution in [0.2, 0.25) is 0 Å². The Morgan fingerprint density at radius 3 is 2.79 bits per heavy atom. The molecule has 2 fully saturated rings. The number of ether oxygens (including phenoxy) is 1. The van der Waals surface area contributed by atoms with Crippen LogP contribution in [-0.2, 0) is 10.9 Å². The van der Waals surface area contributed by atoms with E-state index in [4.69, 9.17) is 4.74 Å². The van der Waals surface area contributed by atoms with Gasteiger partial charge in [-0.1, -0.05) is 6.92 Å². The molecule has 1 aliphatic heterocycles. The Labute approximate surface area is 193 Å². The molecule has 12 heteroatoms. The summed E-state index contributed by atoms with van der Waals surface area (Å²) >= 11 is 0. The normalized spacial score (nSPS) is 25.2. The number of hydrogen-bond acceptors (Lipinski definition) is 6. The fraction of sp³-hybridized carbons (Fsp3) is 0.500. The van der Waals surface area contributed by atoms with E-state index in [9.17, 15) is 18.0 Å². The van der Waals surface area contributed by atoms with Gasteiger partial charge in [-0.25, -0.2) is 19.3 Å². The van der Waals surface area contributed by atoms with Gasteiger partial charge in [0.2, 0.25) is 0 Å². The first-order valence-corrected chi connectivity index (χ1v) is 11.0. The molecule has 9 nitrogen and oxygen atoms in total. The fourth-order valence-electron chi connectivity index (χ4n) is 5.48. The van der Waals surface area contributed by atoms with Gasteiger partial charge in [0, 0.05) is 24.9 Å². The van der Waals surface area contributed by atoms with Crippen molar-refractivity contribution in [2.45, 2.75) is 57.0 Å². The summed E-state index contributed by atoms with van der Waals surface area (Å²) in [6, 6.07) is 0.854. The van der Waals surface area contributed by atoms with Crippen molar-refractivity contribution in [3.8, 4) is 11.3 Å². The average molecular weight is 475 g/mol. The summed E-state index contributed by atoms with van der Waals surface area (Å²) < 4.78 is 48.1. The van der Waals surface area contributed by atoms with Gasteiger partial charge in [0.15, 0.2) is 5.65 Å². The summed E-state index contributed by atoms with van der Waals surface area (Å²) in [7, 11) is 1.62. The van der Waals surface area contributed by atoms with Crippen LogP contribution >= 0.6 is 0 Å². The summed E-state index contributed by atoms with van der Waals surface area (Å²) in [5.74, 6) is 0.459. The SMILES string of the molecule is COC(C)C12CC(C[C@@H](C)C1)N2C(=O)Nc1cc(-c2cn3ncnc3cn2)c(C(F)(F)F)cn1. The number of nitrogens with one attached hydrogen (secondary N) is 1. The molecule has 3 unspecified atom stereocenters. The van der Waals surface area contributed by atoms with Crippen LogP contribution in [0, 0.1) is 5.92 Å². The van der Waals surface area contributed by atoms with Crippen LogP contribution in [0.1, 0.15) is 38.7 Å². The molecule has 2 amide bonds. The number of nitrogens with zero attached hydrogens (tertiary/aromatic N) is 6. The van der Waals surface area contributed by atoms with Crippen LogP contribution in [0.4, 0.5) is 23.8 Å². The Kier molecular flexibility index (Phi) is 5.23. The molecule has 1 saturated heterocycles. The minimum absolute atomic E-state index is 0.00623. The van der Waals surface area contributed by atoms with E-state index in [0.29, 0.717) is 17.8 Å². The molecule has 180 valence electrons. The number of pyridine rings is 1. The first kappa shape index (κ1) is 22.5. The van der Waals surface area contributed by atoms with Gasteiger partial charge in [-0.05, 0) is 38.2 Å². The number of halogens is 3. The van der Waals surface area contributed by atoms with Gasteiger partial charge in [0.1, 0.15) is 12.1 Å². The molecule has 3 aromatic heterocycles. The van der Waals surface area contributed by atoms with Gasteiger partial charge in [-0.2, -0.15) is 18.3 Å². The number of hydrogen-bond donors (Lipinski definition) is 1. The number of piperidine rings is 1. The van der Waals surface area contributed by atoms with Crippen LogP contribution in [0.5, 0.6) is 0 Å². The number of urea groups is 1. The highest BCUT2D eigenvalue weighted by molar-refractivity contribution is 5.91. The number of methoxy groups -OCH3 is 1. The number of carbonyl (C=O) groups is 1. The average Bonchev–Trinajstić information content (AvgIpc) is 3.25. The first-order valence-electron chi connectivity index (χ1n) is 11.0. The Bertz CT molecular complexity index is 1250. The number of likely N-dealkylation sites (tertiary alicyclic amines) is 1. The number of amides is 2. The van der Waals surface area contributed by atoms with Crippen molar-refractivity contribution in [3.05, 3.63) is 36.5 Å². The zero-order valence-electron chi connectivity index (χ0n) is 18.9. The lowest BCUT2D eigenvalue weighted by Crippen LogP contribution is -2.76. The molecule has 0 spiro atoms. The van der Waals surface area contributed by atoms with E-state index in [2.05, 4.69) is 32.3 Å². The van der Waals surface area contributed by atoms with Gasteiger partial charge in [0.25, 0.3) is 0 Å². The number of anilines is 1. The third kappa shape index (κ3) is 3.56. The lowest BCUT2D eigenvalue weighted by molar-refractivity contribution is -0.155. The molecular formula is C22H24F3N7O2. The predicted molar refractivity (Wildman–Crippen MR) is 116 cm³/mol. The standard InChI is InChI=1S/C22H24F3N7O2/c1-12-4-14-7-21(6-12,13(2)34-3)32(14)20(33)30-18-5-15(16(8-27-18)22(23,24)25)17-10-31-19(9-26-17)28-11-29-31/h5,8-14H,4,6-7H2,1-3H3,(H,27,30,33)/t12-,13?,14?,21?/m1/s1. The molecule has 0 radical (unpaired) electrons. The summed E-state index contributed by atoms with van der Waals surface area (Å²) in [6.45, 7) is 4.09. The van der Waals surface area contributed by atoms with Gasteiger partial charge >= 0.3 is 12.2 Å². The number of fused-ring (bicyclic) bond motifs is 3. The Hall–Kier alpha value is -3.28. The summed E-state index contributed by atoms with van der Waals surface area (Å²) in [6.07, 6.45) is 2.37. The molecule has 1 N–H and O–H groups in total. The monoisotopic (exact) mass is 475 g/mol. The summed E-state index contributed by atoms with van der Waals surface area (Å²) in [5, 5.41) is 6.66. The lowest BCUT2D eigenvalue weighted by atomic mass is 9.62. The van der Waals surface area contributed by atoms with Crippen molar-refractivity contribution >= 4 is 17.5 Å².